The molecule has 0 aliphatic rings. The number of pyridine rings is 1. The molecule has 0 aliphatic carbocycles. The Balaban J connectivity index is 1.78. The van der Waals surface area contributed by atoms with Crippen molar-refractivity contribution in [2.45, 2.75) is 27.4 Å². The number of oxazole rings is 1. The molecule has 1 aromatic carbocycles. The van der Waals surface area contributed by atoms with Gasteiger partial charge in [-0.25, -0.2) is 15.4 Å². The van der Waals surface area contributed by atoms with Gasteiger partial charge in [-0.1, -0.05) is 29.4 Å². The van der Waals surface area contributed by atoms with E-state index in [1.807, 2.05) is 51.1 Å². The molecule has 0 fully saturated rings. The molecule has 8 nitrogen and oxygen atoms in total. The molecule has 2 aromatic heterocycles. The Labute approximate surface area is 175 Å². The van der Waals surface area contributed by atoms with E-state index < -0.39 is 0 Å². The fraction of sp³-hybridized carbons (Fsp3) is 0.318. The number of rotatable bonds is 9. The van der Waals surface area contributed by atoms with Gasteiger partial charge in [0, 0.05) is 24.4 Å². The summed E-state index contributed by atoms with van der Waals surface area (Å²) < 4.78 is 11.7. The number of ether oxygens (including phenoxy) is 1. The number of nitrogens with zero attached hydrogens (tertiary/aromatic N) is 3. The highest BCUT2D eigenvalue weighted by atomic mass is 16.6. The zero-order valence-corrected chi connectivity index (χ0v) is 17.9. The monoisotopic (exact) mass is 410 g/mol. The standard InChI is InChI=1S/C22H26N4O4/c1-14-10-18(22-25-15(2)16(3)30-22)11-24-21(14)28-12-17-8-6-7-9-19(17)20(26-27-5)13-29-23-4/h6-11,23H,12-13H2,1-5H3/b26-20-. The number of hydrogen-bond donors (Lipinski definition) is 1. The lowest BCUT2D eigenvalue weighted by atomic mass is 10.0. The predicted molar refractivity (Wildman–Crippen MR) is 113 cm³/mol. The second kappa shape index (κ2) is 10.00. The van der Waals surface area contributed by atoms with Crippen LogP contribution in [0.5, 0.6) is 5.88 Å². The van der Waals surface area contributed by atoms with Crippen LogP contribution in [0.25, 0.3) is 11.5 Å². The Bertz CT molecular complexity index is 1010. The number of aromatic nitrogens is 2. The summed E-state index contributed by atoms with van der Waals surface area (Å²) in [5, 5.41) is 4.08. The molecule has 0 saturated carbocycles. The van der Waals surface area contributed by atoms with Crippen LogP contribution in [0.4, 0.5) is 0 Å². The van der Waals surface area contributed by atoms with E-state index in [9.17, 15) is 0 Å². The number of nitrogens with one attached hydrogen (secondary N) is 1. The normalized spacial score (nSPS) is 11.6. The van der Waals surface area contributed by atoms with Gasteiger partial charge < -0.3 is 14.0 Å². The average molecular weight is 410 g/mol. The van der Waals surface area contributed by atoms with Gasteiger partial charge in [-0.15, -0.1) is 0 Å². The van der Waals surface area contributed by atoms with E-state index in [0.29, 0.717) is 24.1 Å². The number of benzene rings is 1. The summed E-state index contributed by atoms with van der Waals surface area (Å²) in [7, 11) is 3.20. The first kappa shape index (κ1) is 21.5. The Morgan fingerprint density at radius 1 is 1.20 bits per heavy atom. The van der Waals surface area contributed by atoms with Gasteiger partial charge >= 0.3 is 0 Å². The van der Waals surface area contributed by atoms with Gasteiger partial charge in [0.2, 0.25) is 11.8 Å². The van der Waals surface area contributed by atoms with Gasteiger partial charge in [0.15, 0.2) is 0 Å². The second-order valence-electron chi connectivity index (χ2n) is 6.67. The van der Waals surface area contributed by atoms with Gasteiger partial charge in [-0.3, -0.25) is 4.84 Å². The number of oxime groups is 1. The lowest BCUT2D eigenvalue weighted by Gasteiger charge is -2.13. The van der Waals surface area contributed by atoms with Crippen molar-refractivity contribution < 1.29 is 18.8 Å². The quantitative estimate of drug-likeness (QED) is 0.424. The molecule has 0 unspecified atom stereocenters. The van der Waals surface area contributed by atoms with Gasteiger partial charge in [0.25, 0.3) is 0 Å². The van der Waals surface area contributed by atoms with Crippen LogP contribution in [0.2, 0.25) is 0 Å². The molecule has 8 heteroatoms. The Kier molecular flexibility index (Phi) is 7.16. The first-order valence-corrected chi connectivity index (χ1v) is 9.54. The molecule has 158 valence electrons. The van der Waals surface area contributed by atoms with Gasteiger partial charge in [-0.05, 0) is 32.4 Å². The SMILES string of the molecule is CNOC/C(=N/OC)c1ccccc1COc1ncc(-c2nc(C)c(C)o2)cc1C. The molecule has 30 heavy (non-hydrogen) atoms. The third kappa shape index (κ3) is 5.03. The van der Waals surface area contributed by atoms with E-state index in [0.717, 1.165) is 33.7 Å². The van der Waals surface area contributed by atoms with Crippen LogP contribution < -0.4 is 10.2 Å². The maximum absolute atomic E-state index is 6.00. The summed E-state index contributed by atoms with van der Waals surface area (Å²) in [5.41, 5.74) is 7.70. The largest absolute Gasteiger partial charge is 0.473 e. The first-order chi connectivity index (χ1) is 14.5. The van der Waals surface area contributed by atoms with Crippen molar-refractivity contribution >= 4 is 5.71 Å². The smallest absolute Gasteiger partial charge is 0.228 e. The number of hydrogen-bond acceptors (Lipinski definition) is 8. The topological polar surface area (TPSA) is 91.0 Å². The molecule has 0 atom stereocenters. The van der Waals surface area contributed by atoms with Crippen LogP contribution in [-0.4, -0.2) is 36.4 Å². The summed E-state index contributed by atoms with van der Waals surface area (Å²) in [6, 6.07) is 9.76. The fourth-order valence-electron chi connectivity index (χ4n) is 2.90. The van der Waals surface area contributed by atoms with E-state index in [2.05, 4.69) is 20.6 Å². The highest BCUT2D eigenvalue weighted by Gasteiger charge is 2.14. The average Bonchev–Trinajstić information content (AvgIpc) is 3.09. The zero-order chi connectivity index (χ0) is 21.5. The fourth-order valence-corrected chi connectivity index (χ4v) is 2.90. The number of aryl methyl sites for hydroxylation is 3. The zero-order valence-electron chi connectivity index (χ0n) is 17.9. The van der Waals surface area contributed by atoms with Gasteiger partial charge in [-0.2, -0.15) is 0 Å². The van der Waals surface area contributed by atoms with Crippen molar-refractivity contribution in [1.29, 1.82) is 0 Å². The first-order valence-electron chi connectivity index (χ1n) is 9.54. The lowest BCUT2D eigenvalue weighted by Crippen LogP contribution is -2.19. The van der Waals surface area contributed by atoms with Crippen molar-refractivity contribution in [3.05, 3.63) is 64.7 Å². The van der Waals surface area contributed by atoms with Crippen LogP contribution in [0.3, 0.4) is 0 Å². The van der Waals surface area contributed by atoms with Crippen molar-refractivity contribution in [1.82, 2.24) is 15.4 Å². The Hall–Kier alpha value is -3.23. The van der Waals surface area contributed by atoms with Gasteiger partial charge in [0.05, 0.1) is 11.3 Å². The summed E-state index contributed by atoms with van der Waals surface area (Å²) >= 11 is 0. The van der Waals surface area contributed by atoms with Crippen LogP contribution in [-0.2, 0) is 16.3 Å². The van der Waals surface area contributed by atoms with Crippen molar-refractivity contribution in [2.24, 2.45) is 5.16 Å². The molecule has 0 amide bonds. The van der Waals surface area contributed by atoms with Gasteiger partial charge in [0.1, 0.15) is 31.8 Å². The molecule has 1 N–H and O–H groups in total. The second-order valence-corrected chi connectivity index (χ2v) is 6.67. The highest BCUT2D eigenvalue weighted by molar-refractivity contribution is 6.02. The van der Waals surface area contributed by atoms with E-state index in [1.54, 1.807) is 13.2 Å². The molecule has 0 saturated heterocycles. The molecule has 0 spiro atoms. The maximum Gasteiger partial charge on any atom is 0.228 e. The summed E-state index contributed by atoms with van der Waals surface area (Å²) in [6.07, 6.45) is 1.71. The van der Waals surface area contributed by atoms with Crippen LogP contribution in [0.15, 0.2) is 46.1 Å². The lowest BCUT2D eigenvalue weighted by molar-refractivity contribution is 0.0866. The summed E-state index contributed by atoms with van der Waals surface area (Å²) in [5.74, 6) is 1.91. The molecule has 0 aliphatic heterocycles. The summed E-state index contributed by atoms with van der Waals surface area (Å²) in [6.45, 7) is 6.33. The molecule has 0 radical (unpaired) electrons. The predicted octanol–water partition coefficient (Wildman–Crippen LogP) is 3.74. The molecule has 3 aromatic rings. The molecule has 0 bridgehead atoms. The third-order valence-electron chi connectivity index (χ3n) is 4.55. The van der Waals surface area contributed by atoms with Crippen molar-refractivity contribution in [3.63, 3.8) is 0 Å². The molecule has 2 heterocycles. The minimum Gasteiger partial charge on any atom is -0.473 e. The highest BCUT2D eigenvalue weighted by Crippen LogP contribution is 2.25. The van der Waals surface area contributed by atoms with Crippen molar-refractivity contribution in [2.75, 3.05) is 20.8 Å². The van der Waals surface area contributed by atoms with E-state index in [-0.39, 0.29) is 6.61 Å². The van der Waals surface area contributed by atoms with Crippen LogP contribution in [0, 0.1) is 20.8 Å². The van der Waals surface area contributed by atoms with Crippen LogP contribution >= 0.6 is 0 Å². The summed E-state index contributed by atoms with van der Waals surface area (Å²) in [4.78, 5) is 19.1. The molecular weight excluding hydrogens is 384 g/mol. The van der Waals surface area contributed by atoms with Crippen molar-refractivity contribution in [3.8, 4) is 17.3 Å². The maximum atomic E-state index is 6.00. The van der Waals surface area contributed by atoms with E-state index in [4.69, 9.17) is 18.8 Å². The minimum atomic E-state index is 0.252. The molecule has 3 rings (SSSR count). The Morgan fingerprint density at radius 2 is 2.00 bits per heavy atom. The van der Waals surface area contributed by atoms with Crippen LogP contribution in [0.1, 0.15) is 28.1 Å². The Morgan fingerprint density at radius 3 is 2.67 bits per heavy atom. The number of hydroxylamine groups is 1. The third-order valence-corrected chi connectivity index (χ3v) is 4.55. The van der Waals surface area contributed by atoms with E-state index >= 15 is 0 Å². The molecular formula is C22H26N4O4. The van der Waals surface area contributed by atoms with E-state index in [1.165, 1.54) is 7.11 Å². The minimum absolute atomic E-state index is 0.252.